The average Bonchev–Trinajstić information content (AvgIpc) is 2.77. The van der Waals surface area contributed by atoms with Gasteiger partial charge in [0.2, 0.25) is 0 Å². The molecular weight excluding hydrogens is 350 g/mol. The lowest BCUT2D eigenvalue weighted by atomic mass is 9.99. The van der Waals surface area contributed by atoms with Crippen molar-refractivity contribution in [3.05, 3.63) is 95.1 Å². The lowest BCUT2D eigenvalue weighted by Crippen LogP contribution is -2.36. The van der Waals surface area contributed by atoms with E-state index < -0.39 is 0 Å². The molecule has 0 atom stereocenters. The molecule has 142 valence electrons. The van der Waals surface area contributed by atoms with Crippen LogP contribution in [0.4, 0.5) is 0 Å². The van der Waals surface area contributed by atoms with Gasteiger partial charge in [-0.1, -0.05) is 60.7 Å². The Bertz CT molecular complexity index is 969. The van der Waals surface area contributed by atoms with Gasteiger partial charge in [0.25, 0.3) is 5.91 Å². The second-order valence-electron chi connectivity index (χ2n) is 6.85. The zero-order chi connectivity index (χ0) is 19.3. The van der Waals surface area contributed by atoms with E-state index in [1.807, 2.05) is 59.5 Å². The summed E-state index contributed by atoms with van der Waals surface area (Å²) in [5, 5.41) is 0. The first kappa shape index (κ1) is 18.1. The molecule has 0 saturated carbocycles. The topological polar surface area (TPSA) is 38.8 Å². The monoisotopic (exact) mass is 373 g/mol. The van der Waals surface area contributed by atoms with Gasteiger partial charge in [0, 0.05) is 13.1 Å². The van der Waals surface area contributed by atoms with Crippen LogP contribution in [0.25, 0.3) is 0 Å². The summed E-state index contributed by atoms with van der Waals surface area (Å²) in [7, 11) is 1.58. The van der Waals surface area contributed by atoms with Crippen LogP contribution >= 0.6 is 0 Å². The Morgan fingerprint density at radius 1 is 0.893 bits per heavy atom. The summed E-state index contributed by atoms with van der Waals surface area (Å²) < 4.78 is 11.5. The van der Waals surface area contributed by atoms with Crippen LogP contribution in [0.1, 0.15) is 27.0 Å². The summed E-state index contributed by atoms with van der Waals surface area (Å²) in [6.45, 7) is 1.69. The standard InChI is InChI=1S/C24H23NO3/c1-27-21-12-7-13-22(28-17-18-8-3-2-4-9-18)23(21)24(26)25-15-14-19-10-5-6-11-20(19)16-25/h2-13H,14-17H2,1H3. The second kappa shape index (κ2) is 8.17. The molecule has 3 aromatic rings. The van der Waals surface area contributed by atoms with Gasteiger partial charge in [0.1, 0.15) is 23.7 Å². The van der Waals surface area contributed by atoms with Crippen LogP contribution in [0.15, 0.2) is 72.8 Å². The van der Waals surface area contributed by atoms with Crippen LogP contribution in [0.3, 0.4) is 0 Å². The third kappa shape index (κ3) is 3.72. The van der Waals surface area contributed by atoms with E-state index in [2.05, 4.69) is 12.1 Å². The number of fused-ring (bicyclic) bond motifs is 1. The fourth-order valence-corrected chi connectivity index (χ4v) is 3.57. The van der Waals surface area contributed by atoms with Crippen molar-refractivity contribution in [3.63, 3.8) is 0 Å². The van der Waals surface area contributed by atoms with Gasteiger partial charge < -0.3 is 14.4 Å². The van der Waals surface area contributed by atoms with Crippen molar-refractivity contribution in [1.29, 1.82) is 0 Å². The van der Waals surface area contributed by atoms with Crippen molar-refractivity contribution in [2.45, 2.75) is 19.6 Å². The van der Waals surface area contributed by atoms with E-state index in [1.54, 1.807) is 13.2 Å². The van der Waals surface area contributed by atoms with Gasteiger partial charge in [-0.25, -0.2) is 0 Å². The normalized spacial score (nSPS) is 13.0. The largest absolute Gasteiger partial charge is 0.496 e. The third-order valence-corrected chi connectivity index (χ3v) is 5.08. The molecule has 3 aromatic carbocycles. The van der Waals surface area contributed by atoms with E-state index in [-0.39, 0.29) is 5.91 Å². The molecule has 0 radical (unpaired) electrons. The van der Waals surface area contributed by atoms with Gasteiger partial charge in [0.05, 0.1) is 7.11 Å². The quantitative estimate of drug-likeness (QED) is 0.662. The Labute approximate surface area is 165 Å². The zero-order valence-corrected chi connectivity index (χ0v) is 15.9. The van der Waals surface area contributed by atoms with Gasteiger partial charge in [0.15, 0.2) is 0 Å². The van der Waals surface area contributed by atoms with E-state index in [0.717, 1.165) is 12.0 Å². The second-order valence-corrected chi connectivity index (χ2v) is 6.85. The minimum absolute atomic E-state index is 0.0602. The highest BCUT2D eigenvalue weighted by Crippen LogP contribution is 2.32. The first-order valence-corrected chi connectivity index (χ1v) is 9.46. The molecular formula is C24H23NO3. The molecule has 4 rings (SSSR count). The number of methoxy groups -OCH3 is 1. The number of hydrogen-bond acceptors (Lipinski definition) is 3. The molecule has 0 spiro atoms. The van der Waals surface area contributed by atoms with E-state index in [4.69, 9.17) is 9.47 Å². The number of rotatable bonds is 5. The maximum absolute atomic E-state index is 13.4. The predicted octanol–water partition coefficient (Wildman–Crippen LogP) is 4.47. The Morgan fingerprint density at radius 3 is 2.39 bits per heavy atom. The van der Waals surface area contributed by atoms with Gasteiger partial charge >= 0.3 is 0 Å². The Morgan fingerprint density at radius 2 is 1.61 bits per heavy atom. The zero-order valence-electron chi connectivity index (χ0n) is 15.9. The molecule has 0 aromatic heterocycles. The predicted molar refractivity (Wildman–Crippen MR) is 109 cm³/mol. The van der Waals surface area contributed by atoms with Gasteiger partial charge in [-0.05, 0) is 35.2 Å². The van der Waals surface area contributed by atoms with Crippen molar-refractivity contribution < 1.29 is 14.3 Å². The number of ether oxygens (including phenoxy) is 2. The fraction of sp³-hybridized carbons (Fsp3) is 0.208. The van der Waals surface area contributed by atoms with Crippen LogP contribution in [-0.4, -0.2) is 24.5 Å². The lowest BCUT2D eigenvalue weighted by Gasteiger charge is -2.30. The SMILES string of the molecule is COc1cccc(OCc2ccccc2)c1C(=O)N1CCc2ccccc2C1. The maximum atomic E-state index is 13.4. The highest BCUT2D eigenvalue weighted by atomic mass is 16.5. The Hall–Kier alpha value is -3.27. The van der Waals surface area contributed by atoms with Crippen molar-refractivity contribution in [1.82, 2.24) is 4.90 Å². The Kier molecular flexibility index (Phi) is 5.29. The van der Waals surface area contributed by atoms with E-state index in [9.17, 15) is 4.79 Å². The van der Waals surface area contributed by atoms with Crippen molar-refractivity contribution in [3.8, 4) is 11.5 Å². The molecule has 1 aliphatic heterocycles. The molecule has 4 nitrogen and oxygen atoms in total. The van der Waals surface area contributed by atoms with Gasteiger partial charge in [-0.15, -0.1) is 0 Å². The first-order valence-electron chi connectivity index (χ1n) is 9.46. The summed E-state index contributed by atoms with van der Waals surface area (Å²) in [4.78, 5) is 15.3. The number of amides is 1. The highest BCUT2D eigenvalue weighted by Gasteiger charge is 2.27. The smallest absolute Gasteiger partial charge is 0.261 e. The van der Waals surface area contributed by atoms with Crippen LogP contribution in [0, 0.1) is 0 Å². The third-order valence-electron chi connectivity index (χ3n) is 5.08. The molecule has 0 aliphatic carbocycles. The summed E-state index contributed by atoms with van der Waals surface area (Å²) in [6.07, 6.45) is 0.858. The molecule has 1 amide bonds. The maximum Gasteiger partial charge on any atom is 0.261 e. The van der Waals surface area contributed by atoms with Gasteiger partial charge in [-0.2, -0.15) is 0 Å². The summed E-state index contributed by atoms with van der Waals surface area (Å²) in [5.41, 5.74) is 4.05. The molecule has 0 fully saturated rings. The minimum atomic E-state index is -0.0602. The molecule has 1 heterocycles. The van der Waals surface area contributed by atoms with Crippen molar-refractivity contribution in [2.24, 2.45) is 0 Å². The van der Waals surface area contributed by atoms with Gasteiger partial charge in [-0.3, -0.25) is 4.79 Å². The van der Waals surface area contributed by atoms with Crippen LogP contribution in [0.5, 0.6) is 11.5 Å². The molecule has 0 bridgehead atoms. The number of carbonyl (C=O) groups excluding carboxylic acids is 1. The Balaban J connectivity index is 1.60. The van der Waals surface area contributed by atoms with E-state index in [0.29, 0.717) is 36.8 Å². The average molecular weight is 373 g/mol. The van der Waals surface area contributed by atoms with Crippen LogP contribution < -0.4 is 9.47 Å². The molecule has 1 aliphatic rings. The molecule has 4 heteroatoms. The number of benzene rings is 3. The van der Waals surface area contributed by atoms with Crippen molar-refractivity contribution in [2.75, 3.05) is 13.7 Å². The van der Waals surface area contributed by atoms with E-state index >= 15 is 0 Å². The highest BCUT2D eigenvalue weighted by molar-refractivity contribution is 5.99. The summed E-state index contributed by atoms with van der Waals surface area (Å²) in [6, 6.07) is 23.7. The summed E-state index contributed by atoms with van der Waals surface area (Å²) >= 11 is 0. The number of nitrogens with zero attached hydrogens (tertiary/aromatic N) is 1. The fourth-order valence-electron chi connectivity index (χ4n) is 3.57. The molecule has 0 saturated heterocycles. The van der Waals surface area contributed by atoms with Crippen LogP contribution in [-0.2, 0) is 19.6 Å². The molecule has 0 unspecified atom stereocenters. The van der Waals surface area contributed by atoms with E-state index in [1.165, 1.54) is 11.1 Å². The lowest BCUT2D eigenvalue weighted by molar-refractivity contribution is 0.0726. The molecule has 28 heavy (non-hydrogen) atoms. The number of carbonyl (C=O) groups is 1. The first-order chi connectivity index (χ1) is 13.8. The van der Waals surface area contributed by atoms with Crippen LogP contribution in [0.2, 0.25) is 0 Å². The minimum Gasteiger partial charge on any atom is -0.496 e. The molecule has 0 N–H and O–H groups in total. The summed E-state index contributed by atoms with van der Waals surface area (Å²) in [5.74, 6) is 1.02. The number of hydrogen-bond donors (Lipinski definition) is 0. The van der Waals surface area contributed by atoms with Crippen molar-refractivity contribution >= 4 is 5.91 Å².